The van der Waals surface area contributed by atoms with Crippen molar-refractivity contribution in [2.45, 2.75) is 18.6 Å². The fraction of sp³-hybridized carbons (Fsp3) is 0.533. The van der Waals surface area contributed by atoms with Gasteiger partial charge in [0, 0.05) is 38.3 Å². The number of hydrogen-bond donors (Lipinski definition) is 2. The first-order valence-electron chi connectivity index (χ1n) is 7.50. The number of nitrogens with zero attached hydrogens (tertiary/aromatic N) is 1. The summed E-state index contributed by atoms with van der Waals surface area (Å²) in [5, 5.41) is 5.13. The normalized spacial score (nSPS) is 16.8. The van der Waals surface area contributed by atoms with Crippen LogP contribution in [0.15, 0.2) is 18.2 Å². The third-order valence-corrected chi connectivity index (χ3v) is 3.85. The molecular weight excluding hydrogens is 369 g/mol. The van der Waals surface area contributed by atoms with E-state index in [1.807, 2.05) is 0 Å². The number of amides is 1. The van der Waals surface area contributed by atoms with E-state index in [4.69, 9.17) is 0 Å². The van der Waals surface area contributed by atoms with E-state index < -0.39 is 42.7 Å². The van der Waals surface area contributed by atoms with Gasteiger partial charge in [0.15, 0.2) is 11.6 Å². The molecule has 0 spiro atoms. The van der Waals surface area contributed by atoms with Crippen molar-refractivity contribution in [2.24, 2.45) is 0 Å². The Morgan fingerprint density at radius 3 is 2.48 bits per heavy atom. The van der Waals surface area contributed by atoms with Gasteiger partial charge in [-0.15, -0.1) is 12.4 Å². The Kier molecular flexibility index (Phi) is 8.04. The molecule has 1 amide bonds. The molecule has 0 saturated carbocycles. The number of carbonyl (C=O) groups is 1. The van der Waals surface area contributed by atoms with E-state index >= 15 is 0 Å². The molecule has 10 heteroatoms. The smallest absolute Gasteiger partial charge is 0.354 e. The summed E-state index contributed by atoms with van der Waals surface area (Å²) in [6, 6.07) is 1.55. The summed E-state index contributed by atoms with van der Waals surface area (Å²) in [7, 11) is 0. The molecule has 0 aromatic heterocycles. The van der Waals surface area contributed by atoms with Gasteiger partial charge in [-0.3, -0.25) is 9.69 Å². The number of piperazine rings is 1. The number of alkyl halides is 3. The van der Waals surface area contributed by atoms with E-state index in [2.05, 4.69) is 10.6 Å². The summed E-state index contributed by atoms with van der Waals surface area (Å²) in [5.74, 6) is -3.06. The number of carbonyl (C=O) groups excluding carboxylic acids is 1. The van der Waals surface area contributed by atoms with Gasteiger partial charge in [-0.1, -0.05) is 12.1 Å². The maximum atomic E-state index is 13.5. The highest BCUT2D eigenvalue weighted by molar-refractivity contribution is 5.85. The first kappa shape index (κ1) is 21.6. The van der Waals surface area contributed by atoms with Crippen molar-refractivity contribution in [1.29, 1.82) is 0 Å². The van der Waals surface area contributed by atoms with Gasteiger partial charge >= 0.3 is 6.18 Å². The number of rotatable bonds is 5. The Morgan fingerprint density at radius 1 is 1.24 bits per heavy atom. The van der Waals surface area contributed by atoms with Gasteiger partial charge in [0.1, 0.15) is 6.04 Å². The van der Waals surface area contributed by atoms with Crippen molar-refractivity contribution in [2.75, 3.05) is 32.7 Å². The fourth-order valence-corrected chi connectivity index (χ4v) is 2.58. The van der Waals surface area contributed by atoms with Crippen LogP contribution in [0.1, 0.15) is 5.56 Å². The van der Waals surface area contributed by atoms with Gasteiger partial charge in [-0.05, 0) is 6.07 Å². The summed E-state index contributed by atoms with van der Waals surface area (Å²) in [5.41, 5.74) is -0.196. The highest BCUT2D eigenvalue weighted by atomic mass is 35.5. The molecule has 0 radical (unpaired) electrons. The van der Waals surface area contributed by atoms with Crippen LogP contribution in [0.3, 0.4) is 0 Å². The average molecular weight is 388 g/mol. The highest BCUT2D eigenvalue weighted by Gasteiger charge is 2.43. The summed E-state index contributed by atoms with van der Waals surface area (Å²) < 4.78 is 66.1. The van der Waals surface area contributed by atoms with Crippen LogP contribution < -0.4 is 10.6 Å². The lowest BCUT2D eigenvalue weighted by Crippen LogP contribution is -2.57. The summed E-state index contributed by atoms with van der Waals surface area (Å²) >= 11 is 0. The molecule has 1 aliphatic rings. The molecule has 1 unspecified atom stereocenters. The summed E-state index contributed by atoms with van der Waals surface area (Å²) in [6.07, 6.45) is -5.01. The molecule has 1 heterocycles. The molecule has 1 fully saturated rings. The summed E-state index contributed by atoms with van der Waals surface area (Å²) in [4.78, 5) is 13.0. The maximum absolute atomic E-state index is 13.5. The molecule has 142 valence electrons. The number of nitrogens with one attached hydrogen (secondary N) is 2. The van der Waals surface area contributed by atoms with E-state index in [-0.39, 0.29) is 31.1 Å². The third-order valence-electron chi connectivity index (χ3n) is 3.85. The molecule has 25 heavy (non-hydrogen) atoms. The maximum Gasteiger partial charge on any atom is 0.405 e. The van der Waals surface area contributed by atoms with Crippen molar-refractivity contribution in [3.63, 3.8) is 0 Å². The molecule has 1 aliphatic heterocycles. The Bertz CT molecular complexity index is 579. The minimum absolute atomic E-state index is 0. The minimum atomic E-state index is -4.49. The Labute approximate surface area is 148 Å². The van der Waals surface area contributed by atoms with Gasteiger partial charge in [-0.2, -0.15) is 13.2 Å². The van der Waals surface area contributed by atoms with E-state index in [0.717, 1.165) is 6.07 Å². The Morgan fingerprint density at radius 2 is 1.88 bits per heavy atom. The van der Waals surface area contributed by atoms with Crippen LogP contribution in [-0.2, 0) is 11.2 Å². The van der Waals surface area contributed by atoms with Crippen LogP contribution in [0.2, 0.25) is 0 Å². The topological polar surface area (TPSA) is 44.4 Å². The standard InChI is InChI=1S/C15H18F5N3O.ClH/c16-11-3-1-2-10(14(11)17)8-13(24)22-9-12(15(18,19)20)23-6-4-21-5-7-23;/h1-3,12,21H,4-9H2,(H,22,24);1H. The molecule has 4 nitrogen and oxygen atoms in total. The van der Waals surface area contributed by atoms with Gasteiger partial charge in [-0.25, -0.2) is 8.78 Å². The second-order valence-electron chi connectivity index (χ2n) is 5.54. The Balaban J connectivity index is 0.00000312. The monoisotopic (exact) mass is 387 g/mol. The molecule has 1 saturated heterocycles. The molecule has 0 bridgehead atoms. The lowest BCUT2D eigenvalue weighted by atomic mass is 10.1. The molecular formula is C15H19ClF5N3O. The first-order valence-corrected chi connectivity index (χ1v) is 7.50. The third kappa shape index (κ3) is 6.09. The summed E-state index contributed by atoms with van der Waals surface area (Å²) in [6.45, 7) is 0.695. The van der Waals surface area contributed by atoms with Crippen LogP contribution in [0.25, 0.3) is 0 Å². The van der Waals surface area contributed by atoms with Gasteiger partial charge in [0.05, 0.1) is 6.42 Å². The van der Waals surface area contributed by atoms with Crippen molar-refractivity contribution in [3.8, 4) is 0 Å². The van der Waals surface area contributed by atoms with Crippen molar-refractivity contribution < 1.29 is 26.7 Å². The van der Waals surface area contributed by atoms with Gasteiger partial charge < -0.3 is 10.6 Å². The van der Waals surface area contributed by atoms with Crippen LogP contribution in [0.5, 0.6) is 0 Å². The zero-order chi connectivity index (χ0) is 17.7. The van der Waals surface area contributed by atoms with Crippen LogP contribution >= 0.6 is 12.4 Å². The van der Waals surface area contributed by atoms with Gasteiger partial charge in [0.2, 0.25) is 5.91 Å². The van der Waals surface area contributed by atoms with E-state index in [9.17, 15) is 26.7 Å². The molecule has 0 aliphatic carbocycles. The molecule has 1 aromatic carbocycles. The zero-order valence-electron chi connectivity index (χ0n) is 13.2. The molecule has 2 rings (SSSR count). The van der Waals surface area contributed by atoms with Crippen LogP contribution in [-0.4, -0.2) is 55.7 Å². The number of benzene rings is 1. The van der Waals surface area contributed by atoms with Gasteiger partial charge in [0.25, 0.3) is 0 Å². The van der Waals surface area contributed by atoms with Crippen molar-refractivity contribution >= 4 is 18.3 Å². The molecule has 1 aromatic rings. The van der Waals surface area contributed by atoms with E-state index in [1.165, 1.54) is 17.0 Å². The van der Waals surface area contributed by atoms with Crippen LogP contribution in [0.4, 0.5) is 22.0 Å². The van der Waals surface area contributed by atoms with Crippen molar-refractivity contribution in [3.05, 3.63) is 35.4 Å². The molecule has 1 atom stereocenters. The lowest BCUT2D eigenvalue weighted by molar-refractivity contribution is -0.184. The first-order chi connectivity index (χ1) is 11.3. The highest BCUT2D eigenvalue weighted by Crippen LogP contribution is 2.24. The predicted molar refractivity (Wildman–Crippen MR) is 84.6 cm³/mol. The lowest BCUT2D eigenvalue weighted by Gasteiger charge is -2.35. The SMILES string of the molecule is Cl.O=C(Cc1cccc(F)c1F)NCC(N1CCNCC1)C(F)(F)F. The second-order valence-corrected chi connectivity index (χ2v) is 5.54. The predicted octanol–water partition coefficient (Wildman–Crippen LogP) is 1.88. The van der Waals surface area contributed by atoms with Crippen molar-refractivity contribution in [1.82, 2.24) is 15.5 Å². The van der Waals surface area contributed by atoms with E-state index in [1.54, 1.807) is 0 Å². The number of hydrogen-bond acceptors (Lipinski definition) is 3. The minimum Gasteiger partial charge on any atom is -0.354 e. The average Bonchev–Trinajstić information content (AvgIpc) is 2.52. The zero-order valence-corrected chi connectivity index (χ0v) is 14.0. The fourth-order valence-electron chi connectivity index (χ4n) is 2.58. The van der Waals surface area contributed by atoms with Crippen LogP contribution in [0, 0.1) is 11.6 Å². The molecule has 2 N–H and O–H groups in total. The largest absolute Gasteiger partial charge is 0.405 e. The quantitative estimate of drug-likeness (QED) is 0.758. The second kappa shape index (κ2) is 9.30. The van der Waals surface area contributed by atoms with E-state index in [0.29, 0.717) is 13.1 Å². The Hall–Kier alpha value is -1.45. The number of halogens is 6.